The van der Waals surface area contributed by atoms with Crippen molar-refractivity contribution >= 4 is 0 Å². The molecule has 0 heterocycles. The van der Waals surface area contributed by atoms with E-state index in [-0.39, 0.29) is 5.56 Å². The van der Waals surface area contributed by atoms with Gasteiger partial charge in [-0.05, 0) is 25.1 Å². The summed E-state index contributed by atoms with van der Waals surface area (Å²) in [4.78, 5) is 0. The molecule has 0 aliphatic carbocycles. The van der Waals surface area contributed by atoms with Gasteiger partial charge in [0.25, 0.3) is 0 Å². The summed E-state index contributed by atoms with van der Waals surface area (Å²) in [6.07, 6.45) is -1.01. The maximum Gasteiger partial charge on any atom is 0.129 e. The average molecular weight is 199 g/mol. The Morgan fingerprint density at radius 3 is 2.64 bits per heavy atom. The molecule has 1 aromatic carbocycles. The molecule has 1 aromatic rings. The van der Waals surface area contributed by atoms with Crippen LogP contribution in [0.4, 0.5) is 4.39 Å². The maximum absolute atomic E-state index is 13.2. The number of hydrogen-bond donors (Lipinski definition) is 2. The van der Waals surface area contributed by atoms with E-state index in [1.54, 1.807) is 6.92 Å². The van der Waals surface area contributed by atoms with Gasteiger partial charge in [-0.2, -0.15) is 0 Å². The molecule has 0 unspecified atom stereocenters. The number of ether oxygens (including phenoxy) is 1. The van der Waals surface area contributed by atoms with Crippen LogP contribution in [-0.2, 0) is 0 Å². The number of aliphatic hydroxyl groups excluding tert-OH is 1. The van der Waals surface area contributed by atoms with Gasteiger partial charge in [0.15, 0.2) is 0 Å². The molecule has 3 N–H and O–H groups in total. The molecule has 2 atom stereocenters. The summed E-state index contributed by atoms with van der Waals surface area (Å²) in [5.41, 5.74) is 5.64. The molecule has 0 saturated carbocycles. The summed E-state index contributed by atoms with van der Waals surface area (Å²) in [6, 6.07) is 3.67. The van der Waals surface area contributed by atoms with E-state index in [2.05, 4.69) is 0 Å². The molecule has 0 amide bonds. The topological polar surface area (TPSA) is 55.5 Å². The van der Waals surface area contributed by atoms with E-state index in [9.17, 15) is 9.50 Å². The van der Waals surface area contributed by atoms with Crippen molar-refractivity contribution < 1.29 is 14.2 Å². The monoisotopic (exact) mass is 199 g/mol. The Labute approximate surface area is 82.3 Å². The lowest BCUT2D eigenvalue weighted by Gasteiger charge is -2.16. The summed E-state index contributed by atoms with van der Waals surface area (Å²) in [5, 5.41) is 9.58. The minimum Gasteiger partial charge on any atom is -0.497 e. The first-order chi connectivity index (χ1) is 6.56. The third-order valence-electron chi connectivity index (χ3n) is 2.02. The fourth-order valence-electron chi connectivity index (χ4n) is 1.16. The molecule has 3 nitrogen and oxygen atoms in total. The second kappa shape index (κ2) is 4.39. The fraction of sp³-hybridized carbons (Fsp3) is 0.400. The van der Waals surface area contributed by atoms with E-state index < -0.39 is 18.0 Å². The zero-order chi connectivity index (χ0) is 10.7. The van der Waals surface area contributed by atoms with Gasteiger partial charge in [0.1, 0.15) is 11.6 Å². The summed E-state index contributed by atoms with van der Waals surface area (Å²) < 4.78 is 18.2. The van der Waals surface area contributed by atoms with E-state index in [4.69, 9.17) is 10.5 Å². The Morgan fingerprint density at radius 1 is 1.50 bits per heavy atom. The van der Waals surface area contributed by atoms with Crippen LogP contribution in [0.5, 0.6) is 5.75 Å². The van der Waals surface area contributed by atoms with Crippen LogP contribution < -0.4 is 10.5 Å². The molecular weight excluding hydrogens is 185 g/mol. The zero-order valence-electron chi connectivity index (χ0n) is 8.20. The van der Waals surface area contributed by atoms with Crippen LogP contribution in [-0.4, -0.2) is 18.3 Å². The Balaban J connectivity index is 3.05. The van der Waals surface area contributed by atoms with Gasteiger partial charge in [-0.3, -0.25) is 0 Å². The second-order valence-corrected chi connectivity index (χ2v) is 3.19. The lowest BCUT2D eigenvalue weighted by Crippen LogP contribution is -2.25. The number of methoxy groups -OCH3 is 1. The van der Waals surface area contributed by atoms with Crippen molar-refractivity contribution in [2.75, 3.05) is 7.11 Å². The van der Waals surface area contributed by atoms with E-state index in [1.165, 1.54) is 25.3 Å². The fourth-order valence-corrected chi connectivity index (χ4v) is 1.16. The van der Waals surface area contributed by atoms with Gasteiger partial charge in [0, 0.05) is 11.6 Å². The van der Waals surface area contributed by atoms with Crippen LogP contribution in [0.25, 0.3) is 0 Å². The van der Waals surface area contributed by atoms with E-state index >= 15 is 0 Å². The summed E-state index contributed by atoms with van der Waals surface area (Å²) in [5.74, 6) is 0.0247. The Hall–Kier alpha value is -1.13. The standard InChI is InChI=1S/C10H14FNO2/c1-6(12)10(13)8-5-7(14-2)3-4-9(8)11/h3-6,10,13H,12H2,1-2H3/t6-,10-/m1/s1. The predicted molar refractivity (Wildman–Crippen MR) is 51.6 cm³/mol. The number of aliphatic hydroxyl groups is 1. The van der Waals surface area contributed by atoms with Crippen molar-refractivity contribution in [3.05, 3.63) is 29.6 Å². The van der Waals surface area contributed by atoms with Crippen LogP contribution >= 0.6 is 0 Å². The van der Waals surface area contributed by atoms with Gasteiger partial charge in [0.05, 0.1) is 13.2 Å². The van der Waals surface area contributed by atoms with E-state index in [1.807, 2.05) is 0 Å². The SMILES string of the molecule is COc1ccc(F)c([C@H](O)[C@@H](C)N)c1. The second-order valence-electron chi connectivity index (χ2n) is 3.19. The smallest absolute Gasteiger partial charge is 0.129 e. The highest BCUT2D eigenvalue weighted by molar-refractivity contribution is 5.31. The predicted octanol–water partition coefficient (Wildman–Crippen LogP) is 1.21. The third-order valence-corrected chi connectivity index (χ3v) is 2.02. The zero-order valence-corrected chi connectivity index (χ0v) is 8.20. The molecule has 0 radical (unpaired) electrons. The molecule has 0 spiro atoms. The molecule has 0 saturated heterocycles. The van der Waals surface area contributed by atoms with Crippen molar-refractivity contribution in [2.24, 2.45) is 5.73 Å². The first-order valence-electron chi connectivity index (χ1n) is 4.33. The van der Waals surface area contributed by atoms with Crippen molar-refractivity contribution in [1.29, 1.82) is 0 Å². The number of halogens is 1. The normalized spacial score (nSPS) is 14.9. The van der Waals surface area contributed by atoms with Gasteiger partial charge in [-0.1, -0.05) is 0 Å². The van der Waals surface area contributed by atoms with Crippen molar-refractivity contribution in [3.63, 3.8) is 0 Å². The lowest BCUT2D eigenvalue weighted by molar-refractivity contribution is 0.148. The molecule has 1 rings (SSSR count). The number of hydrogen-bond acceptors (Lipinski definition) is 3. The Bertz CT molecular complexity index is 315. The van der Waals surface area contributed by atoms with E-state index in [0.717, 1.165) is 0 Å². The van der Waals surface area contributed by atoms with Crippen LogP contribution in [0.1, 0.15) is 18.6 Å². The summed E-state index contributed by atoms with van der Waals surface area (Å²) in [7, 11) is 1.48. The minimum atomic E-state index is -1.01. The van der Waals surface area contributed by atoms with Crippen molar-refractivity contribution in [3.8, 4) is 5.75 Å². The molecular formula is C10H14FNO2. The molecule has 0 aliphatic heterocycles. The Kier molecular flexibility index (Phi) is 3.43. The summed E-state index contributed by atoms with van der Waals surface area (Å²) in [6.45, 7) is 1.61. The minimum absolute atomic E-state index is 0.166. The van der Waals surface area contributed by atoms with Gasteiger partial charge < -0.3 is 15.6 Å². The highest BCUT2D eigenvalue weighted by Gasteiger charge is 2.17. The van der Waals surface area contributed by atoms with Crippen molar-refractivity contribution in [1.82, 2.24) is 0 Å². The van der Waals surface area contributed by atoms with Gasteiger partial charge in [-0.15, -0.1) is 0 Å². The van der Waals surface area contributed by atoms with Gasteiger partial charge in [-0.25, -0.2) is 4.39 Å². The van der Waals surface area contributed by atoms with E-state index in [0.29, 0.717) is 5.75 Å². The highest BCUT2D eigenvalue weighted by Crippen LogP contribution is 2.23. The molecule has 0 aromatic heterocycles. The molecule has 0 bridgehead atoms. The first kappa shape index (κ1) is 10.9. The van der Waals surface area contributed by atoms with Crippen LogP contribution in [0.2, 0.25) is 0 Å². The van der Waals surface area contributed by atoms with Gasteiger partial charge in [0.2, 0.25) is 0 Å². The van der Waals surface area contributed by atoms with Crippen LogP contribution in [0.15, 0.2) is 18.2 Å². The van der Waals surface area contributed by atoms with Crippen LogP contribution in [0, 0.1) is 5.82 Å². The average Bonchev–Trinajstić information content (AvgIpc) is 2.17. The molecule has 78 valence electrons. The first-order valence-corrected chi connectivity index (χ1v) is 4.33. The summed E-state index contributed by atoms with van der Waals surface area (Å²) >= 11 is 0. The molecule has 0 fully saturated rings. The van der Waals surface area contributed by atoms with Crippen LogP contribution in [0.3, 0.4) is 0 Å². The molecule has 14 heavy (non-hydrogen) atoms. The lowest BCUT2D eigenvalue weighted by atomic mass is 10.0. The highest BCUT2D eigenvalue weighted by atomic mass is 19.1. The van der Waals surface area contributed by atoms with Gasteiger partial charge >= 0.3 is 0 Å². The molecule has 0 aliphatic rings. The van der Waals surface area contributed by atoms with Crippen molar-refractivity contribution in [2.45, 2.75) is 19.1 Å². The number of rotatable bonds is 3. The molecule has 4 heteroatoms. The quantitative estimate of drug-likeness (QED) is 0.769. The maximum atomic E-state index is 13.2. The number of benzene rings is 1. The number of nitrogens with two attached hydrogens (primary N) is 1. The Morgan fingerprint density at radius 2 is 2.14 bits per heavy atom. The largest absolute Gasteiger partial charge is 0.497 e. The third kappa shape index (κ3) is 2.21.